The van der Waals surface area contributed by atoms with Gasteiger partial charge in [0.15, 0.2) is 0 Å². The van der Waals surface area contributed by atoms with Crippen molar-refractivity contribution in [3.8, 4) is 0 Å². The Labute approximate surface area is 156 Å². The second kappa shape index (κ2) is 6.67. The molecule has 0 saturated carbocycles. The maximum absolute atomic E-state index is 13.0. The van der Waals surface area contributed by atoms with Crippen molar-refractivity contribution >= 4 is 32.3 Å². The van der Waals surface area contributed by atoms with Gasteiger partial charge in [0.05, 0.1) is 15.3 Å². The van der Waals surface area contributed by atoms with E-state index < -0.39 is 14.9 Å². The summed E-state index contributed by atoms with van der Waals surface area (Å²) in [4.78, 5) is 12.5. The van der Waals surface area contributed by atoms with Crippen LogP contribution in [-0.4, -0.2) is 43.5 Å². The zero-order valence-corrected chi connectivity index (χ0v) is 15.2. The normalized spacial score (nSPS) is 15.2. The second-order valence-corrected chi connectivity index (χ2v) is 8.13. The fraction of sp³-hybridized carbons (Fsp3) is 0.222. The number of nitro benzene ring substituents is 1. The first-order chi connectivity index (χ1) is 13.0. The number of anilines is 1. The third-order valence-corrected chi connectivity index (χ3v) is 6.44. The summed E-state index contributed by atoms with van der Waals surface area (Å²) in [6, 6.07) is 12.3. The molecule has 1 saturated heterocycles. The minimum atomic E-state index is -3.85. The summed E-state index contributed by atoms with van der Waals surface area (Å²) >= 11 is 0. The van der Waals surface area contributed by atoms with Crippen molar-refractivity contribution in [3.63, 3.8) is 0 Å². The number of rotatable bonds is 4. The molecule has 0 bridgehead atoms. The van der Waals surface area contributed by atoms with Crippen LogP contribution in [-0.2, 0) is 10.0 Å². The molecule has 1 fully saturated rings. The smallest absolute Gasteiger partial charge is 0.269 e. The average molecular weight is 386 g/mol. The highest BCUT2D eigenvalue weighted by molar-refractivity contribution is 7.90. The Morgan fingerprint density at radius 2 is 1.70 bits per heavy atom. The van der Waals surface area contributed by atoms with Crippen LogP contribution in [0.5, 0.6) is 0 Å². The number of hydrogen-bond donors (Lipinski definition) is 1. The summed E-state index contributed by atoms with van der Waals surface area (Å²) in [5.74, 6) is 0. The molecule has 2 heterocycles. The van der Waals surface area contributed by atoms with Crippen LogP contribution in [0, 0.1) is 10.1 Å². The number of piperazine rings is 1. The Morgan fingerprint density at radius 3 is 2.37 bits per heavy atom. The molecule has 1 aromatic heterocycles. The second-order valence-electron chi connectivity index (χ2n) is 6.31. The molecule has 0 spiro atoms. The van der Waals surface area contributed by atoms with Crippen LogP contribution in [0.2, 0.25) is 0 Å². The first-order valence-electron chi connectivity index (χ1n) is 8.54. The van der Waals surface area contributed by atoms with E-state index in [1.807, 2.05) is 12.1 Å². The first-order valence-corrected chi connectivity index (χ1v) is 9.98. The van der Waals surface area contributed by atoms with Crippen LogP contribution in [0.4, 0.5) is 11.4 Å². The van der Waals surface area contributed by atoms with E-state index in [4.69, 9.17) is 0 Å². The van der Waals surface area contributed by atoms with Gasteiger partial charge in [-0.15, -0.1) is 0 Å². The van der Waals surface area contributed by atoms with Gasteiger partial charge in [-0.25, -0.2) is 12.4 Å². The summed E-state index contributed by atoms with van der Waals surface area (Å²) in [7, 11) is -3.85. The molecule has 2 aromatic carbocycles. The van der Waals surface area contributed by atoms with Crippen molar-refractivity contribution in [2.75, 3.05) is 31.1 Å². The number of aromatic nitrogens is 1. The van der Waals surface area contributed by atoms with Gasteiger partial charge in [-0.3, -0.25) is 10.1 Å². The molecule has 1 N–H and O–H groups in total. The molecular weight excluding hydrogens is 368 g/mol. The molecular formula is C18H18N4O4S. The van der Waals surface area contributed by atoms with E-state index in [1.54, 1.807) is 12.1 Å². The monoisotopic (exact) mass is 386 g/mol. The molecule has 27 heavy (non-hydrogen) atoms. The quantitative estimate of drug-likeness (QED) is 0.545. The Bertz CT molecular complexity index is 1100. The number of fused-ring (bicyclic) bond motifs is 1. The zero-order chi connectivity index (χ0) is 19.0. The fourth-order valence-electron chi connectivity index (χ4n) is 3.37. The van der Waals surface area contributed by atoms with Gasteiger partial charge in [0, 0.05) is 55.6 Å². The van der Waals surface area contributed by atoms with Crippen molar-refractivity contribution in [2.24, 2.45) is 0 Å². The van der Waals surface area contributed by atoms with E-state index in [0.717, 1.165) is 37.3 Å². The third-order valence-electron chi connectivity index (χ3n) is 4.74. The molecule has 1 aliphatic heterocycles. The molecule has 9 heteroatoms. The maximum atomic E-state index is 13.0. The lowest BCUT2D eigenvalue weighted by molar-refractivity contribution is -0.384. The van der Waals surface area contributed by atoms with Gasteiger partial charge >= 0.3 is 0 Å². The van der Waals surface area contributed by atoms with Gasteiger partial charge in [0.25, 0.3) is 15.7 Å². The van der Waals surface area contributed by atoms with E-state index in [-0.39, 0.29) is 10.6 Å². The van der Waals surface area contributed by atoms with E-state index in [2.05, 4.69) is 10.2 Å². The molecule has 4 rings (SSSR count). The SMILES string of the molecule is O=[N+]([O-])c1ccc(S(=O)(=O)n2ccc3c(N4CCNCC4)cccc32)cc1. The molecule has 1 aliphatic rings. The van der Waals surface area contributed by atoms with Crippen molar-refractivity contribution in [3.05, 3.63) is 64.8 Å². The van der Waals surface area contributed by atoms with Crippen LogP contribution in [0.15, 0.2) is 59.6 Å². The van der Waals surface area contributed by atoms with Crippen molar-refractivity contribution in [1.29, 1.82) is 0 Å². The minimum absolute atomic E-state index is 0.0122. The highest BCUT2D eigenvalue weighted by Crippen LogP contribution is 2.30. The van der Waals surface area contributed by atoms with Gasteiger partial charge in [0.1, 0.15) is 0 Å². The number of nitro groups is 1. The number of nitrogens with one attached hydrogen (secondary N) is 1. The summed E-state index contributed by atoms with van der Waals surface area (Å²) in [6.45, 7) is 3.50. The molecule has 3 aromatic rings. The van der Waals surface area contributed by atoms with Crippen LogP contribution >= 0.6 is 0 Å². The zero-order valence-electron chi connectivity index (χ0n) is 14.4. The Kier molecular flexibility index (Phi) is 4.33. The first kappa shape index (κ1) is 17.5. The number of benzene rings is 2. The number of hydrogen-bond acceptors (Lipinski definition) is 6. The number of non-ortho nitro benzene ring substituents is 1. The lowest BCUT2D eigenvalue weighted by Crippen LogP contribution is -2.43. The molecule has 0 amide bonds. The summed E-state index contributed by atoms with van der Waals surface area (Å²) < 4.78 is 27.3. The van der Waals surface area contributed by atoms with Crippen molar-refractivity contribution < 1.29 is 13.3 Å². The van der Waals surface area contributed by atoms with Crippen molar-refractivity contribution in [1.82, 2.24) is 9.29 Å². The van der Waals surface area contributed by atoms with E-state index >= 15 is 0 Å². The van der Waals surface area contributed by atoms with Gasteiger partial charge in [-0.1, -0.05) is 6.07 Å². The van der Waals surface area contributed by atoms with Gasteiger partial charge in [-0.2, -0.15) is 0 Å². The topological polar surface area (TPSA) is 97.5 Å². The van der Waals surface area contributed by atoms with E-state index in [9.17, 15) is 18.5 Å². The van der Waals surface area contributed by atoms with Gasteiger partial charge < -0.3 is 10.2 Å². The average Bonchev–Trinajstić information content (AvgIpc) is 3.14. The van der Waals surface area contributed by atoms with Crippen molar-refractivity contribution in [2.45, 2.75) is 4.90 Å². The Hall–Kier alpha value is -2.91. The number of nitrogens with zero attached hydrogens (tertiary/aromatic N) is 3. The van der Waals surface area contributed by atoms with Crippen LogP contribution in [0.1, 0.15) is 0 Å². The largest absolute Gasteiger partial charge is 0.368 e. The Balaban J connectivity index is 1.78. The summed E-state index contributed by atoms with van der Waals surface area (Å²) in [6.07, 6.45) is 1.53. The lowest BCUT2D eigenvalue weighted by Gasteiger charge is -2.30. The highest BCUT2D eigenvalue weighted by Gasteiger charge is 2.22. The fourth-order valence-corrected chi connectivity index (χ4v) is 4.72. The van der Waals surface area contributed by atoms with Gasteiger partial charge in [0.2, 0.25) is 0 Å². The Morgan fingerprint density at radius 1 is 1.00 bits per heavy atom. The standard InChI is InChI=1S/C18H18N4O4S/c23-22(24)14-4-6-15(7-5-14)27(25,26)21-11-8-16-17(2-1-3-18(16)21)20-12-9-19-10-13-20/h1-8,11,19H,9-10,12-13H2. The highest BCUT2D eigenvalue weighted by atomic mass is 32.2. The summed E-state index contributed by atoms with van der Waals surface area (Å²) in [5, 5.41) is 15.0. The molecule has 0 unspecified atom stereocenters. The molecule has 0 atom stereocenters. The van der Waals surface area contributed by atoms with Crippen LogP contribution in [0.3, 0.4) is 0 Å². The minimum Gasteiger partial charge on any atom is -0.368 e. The van der Waals surface area contributed by atoms with E-state index in [0.29, 0.717) is 5.52 Å². The summed E-state index contributed by atoms with van der Waals surface area (Å²) in [5.41, 5.74) is 1.45. The molecule has 140 valence electrons. The van der Waals surface area contributed by atoms with Crippen LogP contribution in [0.25, 0.3) is 10.9 Å². The van der Waals surface area contributed by atoms with Crippen LogP contribution < -0.4 is 10.2 Å². The van der Waals surface area contributed by atoms with E-state index in [1.165, 1.54) is 34.4 Å². The predicted molar refractivity (Wildman–Crippen MR) is 103 cm³/mol. The van der Waals surface area contributed by atoms with Gasteiger partial charge in [-0.05, 0) is 30.3 Å². The predicted octanol–water partition coefficient (Wildman–Crippen LogP) is 2.20. The molecule has 8 nitrogen and oxygen atoms in total. The lowest BCUT2D eigenvalue weighted by atomic mass is 10.2. The molecule has 0 radical (unpaired) electrons. The maximum Gasteiger partial charge on any atom is 0.269 e. The third kappa shape index (κ3) is 3.04. The molecule has 0 aliphatic carbocycles.